The molecule has 3 aromatic rings. The molecule has 0 bridgehead atoms. The maximum absolute atomic E-state index is 12.9. The molecule has 0 unspecified atom stereocenters. The molecule has 0 saturated carbocycles. The summed E-state index contributed by atoms with van der Waals surface area (Å²) in [5, 5.41) is 7.63. The summed E-state index contributed by atoms with van der Waals surface area (Å²) in [7, 11) is 0. The number of amides is 2. The van der Waals surface area contributed by atoms with Gasteiger partial charge in [-0.15, -0.1) is 11.3 Å². The molecule has 27 heavy (non-hydrogen) atoms. The van der Waals surface area contributed by atoms with Crippen LogP contribution in [0.2, 0.25) is 0 Å². The van der Waals surface area contributed by atoms with Crippen molar-refractivity contribution >= 4 is 33.4 Å². The molecule has 140 valence electrons. The summed E-state index contributed by atoms with van der Waals surface area (Å²) in [5.41, 5.74) is 1.45. The predicted octanol–water partition coefficient (Wildman–Crippen LogP) is 1.77. The number of likely N-dealkylation sites (N-methyl/N-ethyl adjacent to an activating group) is 1. The number of aromatic nitrogens is 2. The van der Waals surface area contributed by atoms with Gasteiger partial charge in [0.15, 0.2) is 0 Å². The fourth-order valence-corrected chi connectivity index (χ4v) is 3.65. The minimum absolute atomic E-state index is 0.199. The van der Waals surface area contributed by atoms with E-state index in [9.17, 15) is 14.4 Å². The van der Waals surface area contributed by atoms with E-state index >= 15 is 0 Å². The zero-order valence-corrected chi connectivity index (χ0v) is 15.9. The highest BCUT2D eigenvalue weighted by Crippen LogP contribution is 2.30. The van der Waals surface area contributed by atoms with Crippen LogP contribution >= 0.6 is 11.3 Å². The maximum atomic E-state index is 12.9. The first kappa shape index (κ1) is 18.8. The minimum Gasteiger partial charge on any atom is -0.355 e. The van der Waals surface area contributed by atoms with E-state index in [1.54, 1.807) is 13.8 Å². The van der Waals surface area contributed by atoms with Crippen LogP contribution in [0.15, 0.2) is 46.8 Å². The number of fused-ring (bicyclic) bond motifs is 1. The lowest BCUT2D eigenvalue weighted by Gasteiger charge is -2.14. The van der Waals surface area contributed by atoms with Crippen LogP contribution in [0.1, 0.15) is 13.8 Å². The van der Waals surface area contributed by atoms with Crippen molar-refractivity contribution < 1.29 is 9.59 Å². The monoisotopic (exact) mass is 384 g/mol. The third kappa shape index (κ3) is 4.06. The van der Waals surface area contributed by atoms with Gasteiger partial charge in [0.05, 0.1) is 11.7 Å². The van der Waals surface area contributed by atoms with Crippen LogP contribution in [0.5, 0.6) is 0 Å². The molecule has 0 spiro atoms. The van der Waals surface area contributed by atoms with Gasteiger partial charge in [-0.3, -0.25) is 19.0 Å². The van der Waals surface area contributed by atoms with Crippen LogP contribution < -0.4 is 16.2 Å². The smallest absolute Gasteiger partial charge is 0.263 e. The van der Waals surface area contributed by atoms with E-state index in [0.29, 0.717) is 16.8 Å². The van der Waals surface area contributed by atoms with Crippen LogP contribution in [0, 0.1) is 0 Å². The Balaban J connectivity index is 1.86. The molecular formula is C19H20N4O3S. The number of hydrogen-bond donors (Lipinski definition) is 2. The molecule has 2 heterocycles. The van der Waals surface area contributed by atoms with Crippen molar-refractivity contribution in [3.05, 3.63) is 52.4 Å². The summed E-state index contributed by atoms with van der Waals surface area (Å²) < 4.78 is 1.27. The number of rotatable bonds is 6. The zero-order chi connectivity index (χ0) is 19.4. The molecule has 0 aliphatic heterocycles. The molecule has 2 N–H and O–H groups in total. The van der Waals surface area contributed by atoms with Crippen molar-refractivity contribution in [2.24, 2.45) is 0 Å². The summed E-state index contributed by atoms with van der Waals surface area (Å²) in [6.07, 6.45) is 1.37. The number of thiophene rings is 1. The number of hydrogen-bond acceptors (Lipinski definition) is 5. The van der Waals surface area contributed by atoms with Crippen molar-refractivity contribution in [1.82, 2.24) is 20.2 Å². The summed E-state index contributed by atoms with van der Waals surface area (Å²) in [6, 6.07) is 8.91. The lowest BCUT2D eigenvalue weighted by molar-refractivity contribution is -0.128. The Bertz CT molecular complexity index is 1030. The van der Waals surface area contributed by atoms with E-state index < -0.39 is 11.9 Å². The molecule has 8 heteroatoms. The van der Waals surface area contributed by atoms with Crippen molar-refractivity contribution in [3.8, 4) is 11.1 Å². The highest BCUT2D eigenvalue weighted by atomic mass is 32.1. The van der Waals surface area contributed by atoms with E-state index in [0.717, 1.165) is 11.1 Å². The number of carbonyl (C=O) groups is 2. The van der Waals surface area contributed by atoms with Crippen molar-refractivity contribution in [2.75, 3.05) is 6.54 Å². The van der Waals surface area contributed by atoms with Crippen LogP contribution in [0.4, 0.5) is 0 Å². The summed E-state index contributed by atoms with van der Waals surface area (Å²) in [4.78, 5) is 41.8. The predicted molar refractivity (Wildman–Crippen MR) is 106 cm³/mol. The van der Waals surface area contributed by atoms with E-state index in [-0.39, 0.29) is 18.0 Å². The molecule has 0 fully saturated rings. The van der Waals surface area contributed by atoms with Crippen LogP contribution in [0.3, 0.4) is 0 Å². The molecule has 2 amide bonds. The molecule has 7 nitrogen and oxygen atoms in total. The van der Waals surface area contributed by atoms with Crippen LogP contribution in [-0.2, 0) is 16.1 Å². The average molecular weight is 384 g/mol. The highest BCUT2D eigenvalue weighted by Gasteiger charge is 2.17. The zero-order valence-electron chi connectivity index (χ0n) is 15.1. The summed E-state index contributed by atoms with van der Waals surface area (Å²) in [5.74, 6) is -0.690. The second kappa shape index (κ2) is 8.13. The third-order valence-corrected chi connectivity index (χ3v) is 4.97. The first-order valence-corrected chi connectivity index (χ1v) is 9.48. The van der Waals surface area contributed by atoms with E-state index in [1.807, 2.05) is 35.7 Å². The topological polar surface area (TPSA) is 93.1 Å². The summed E-state index contributed by atoms with van der Waals surface area (Å²) >= 11 is 1.39. The number of nitrogens with zero attached hydrogens (tertiary/aromatic N) is 2. The first-order chi connectivity index (χ1) is 13.0. The molecule has 1 atom stereocenters. The quantitative estimate of drug-likeness (QED) is 0.677. The summed E-state index contributed by atoms with van der Waals surface area (Å²) in [6.45, 7) is 3.69. The molecule has 1 aromatic carbocycles. The van der Waals surface area contributed by atoms with Gasteiger partial charge in [0.2, 0.25) is 11.8 Å². The second-order valence-corrected chi connectivity index (χ2v) is 6.92. The number of nitrogens with one attached hydrogen (secondary N) is 2. The van der Waals surface area contributed by atoms with Gasteiger partial charge in [0.1, 0.15) is 17.4 Å². The van der Waals surface area contributed by atoms with Gasteiger partial charge in [-0.2, -0.15) is 0 Å². The van der Waals surface area contributed by atoms with Gasteiger partial charge in [-0.1, -0.05) is 30.3 Å². The van der Waals surface area contributed by atoms with Crippen molar-refractivity contribution in [3.63, 3.8) is 0 Å². The van der Waals surface area contributed by atoms with Crippen LogP contribution in [0.25, 0.3) is 21.3 Å². The standard InChI is InChI=1S/C19H20N4O3S/c1-3-20-17(25)12(2)22-15(24)9-23-11-21-18-16(19(23)26)14(10-27-18)13-7-5-4-6-8-13/h4-8,10-12H,3,9H2,1-2H3,(H,20,25)(H,22,24)/t12-/m1/s1. The molecule has 0 saturated heterocycles. The van der Waals surface area contributed by atoms with Gasteiger partial charge < -0.3 is 10.6 Å². The molecule has 0 radical (unpaired) electrons. The second-order valence-electron chi connectivity index (χ2n) is 6.06. The maximum Gasteiger partial charge on any atom is 0.263 e. The van der Waals surface area contributed by atoms with Gasteiger partial charge in [-0.05, 0) is 19.4 Å². The van der Waals surface area contributed by atoms with Crippen LogP contribution in [-0.4, -0.2) is 34.0 Å². The highest BCUT2D eigenvalue weighted by molar-refractivity contribution is 7.17. The fraction of sp³-hybridized carbons (Fsp3) is 0.263. The van der Waals surface area contributed by atoms with E-state index in [1.165, 1.54) is 22.2 Å². The Morgan fingerprint density at radius 1 is 1.26 bits per heavy atom. The number of benzene rings is 1. The van der Waals surface area contributed by atoms with Crippen molar-refractivity contribution in [2.45, 2.75) is 26.4 Å². The molecule has 3 rings (SSSR count). The first-order valence-electron chi connectivity index (χ1n) is 8.60. The fourth-order valence-electron chi connectivity index (χ4n) is 2.75. The average Bonchev–Trinajstić information content (AvgIpc) is 3.10. The molecule has 0 aliphatic carbocycles. The normalized spacial score (nSPS) is 11.9. The van der Waals surface area contributed by atoms with Gasteiger partial charge in [-0.25, -0.2) is 4.98 Å². The van der Waals surface area contributed by atoms with Gasteiger partial charge in [0.25, 0.3) is 5.56 Å². The van der Waals surface area contributed by atoms with E-state index in [2.05, 4.69) is 15.6 Å². The van der Waals surface area contributed by atoms with Crippen molar-refractivity contribution in [1.29, 1.82) is 0 Å². The number of carbonyl (C=O) groups excluding carboxylic acids is 2. The molecule has 0 aliphatic rings. The SMILES string of the molecule is CCNC(=O)[C@@H](C)NC(=O)Cn1cnc2scc(-c3ccccc3)c2c1=O. The Kier molecular flexibility index (Phi) is 5.66. The Morgan fingerprint density at radius 3 is 2.70 bits per heavy atom. The Labute approximate surface area is 160 Å². The molecular weight excluding hydrogens is 364 g/mol. The molecule has 2 aromatic heterocycles. The van der Waals surface area contributed by atoms with E-state index in [4.69, 9.17) is 0 Å². The van der Waals surface area contributed by atoms with Gasteiger partial charge >= 0.3 is 0 Å². The Hall–Kier alpha value is -3.00. The van der Waals surface area contributed by atoms with Gasteiger partial charge in [0, 0.05) is 17.5 Å². The lowest BCUT2D eigenvalue weighted by Crippen LogP contribution is -2.46. The Morgan fingerprint density at radius 2 is 2.00 bits per heavy atom. The lowest BCUT2D eigenvalue weighted by atomic mass is 10.1. The third-order valence-electron chi connectivity index (χ3n) is 4.08. The minimum atomic E-state index is -0.675. The largest absolute Gasteiger partial charge is 0.355 e.